The molecule has 0 bridgehead atoms. The lowest BCUT2D eigenvalue weighted by Gasteiger charge is -2.26. The van der Waals surface area contributed by atoms with Gasteiger partial charge in [0.25, 0.3) is 0 Å². The Morgan fingerprint density at radius 3 is 3.00 bits per heavy atom. The first-order valence-electron chi connectivity index (χ1n) is 5.40. The maximum atomic E-state index is 11.6. The van der Waals surface area contributed by atoms with E-state index in [0.717, 1.165) is 18.7 Å². The summed E-state index contributed by atoms with van der Waals surface area (Å²) in [5, 5.41) is 0. The molecule has 1 atom stereocenters. The maximum Gasteiger partial charge on any atom is 0.329 e. The summed E-state index contributed by atoms with van der Waals surface area (Å²) in [4.78, 5) is 13.6. The van der Waals surface area contributed by atoms with Crippen molar-refractivity contribution in [2.45, 2.75) is 12.5 Å². The van der Waals surface area contributed by atoms with Crippen molar-refractivity contribution in [2.75, 3.05) is 25.1 Å². The van der Waals surface area contributed by atoms with Crippen molar-refractivity contribution in [1.82, 2.24) is 0 Å². The molecule has 1 unspecified atom stereocenters. The number of carbonyl (C=O) groups is 1. The monoisotopic (exact) mass is 220 g/mol. The highest BCUT2D eigenvalue weighted by molar-refractivity contribution is 5.81. The molecular formula is C12H16N2O2. The van der Waals surface area contributed by atoms with Crippen molar-refractivity contribution in [1.29, 1.82) is 0 Å². The fourth-order valence-electron chi connectivity index (χ4n) is 2.17. The van der Waals surface area contributed by atoms with Gasteiger partial charge < -0.3 is 15.4 Å². The Labute approximate surface area is 95.0 Å². The van der Waals surface area contributed by atoms with Crippen molar-refractivity contribution in [2.24, 2.45) is 5.73 Å². The second-order valence-corrected chi connectivity index (χ2v) is 3.85. The quantitative estimate of drug-likeness (QED) is 0.756. The molecule has 1 aromatic rings. The minimum Gasteiger partial charge on any atom is -0.467 e. The second-order valence-electron chi connectivity index (χ2n) is 3.85. The third-order valence-corrected chi connectivity index (χ3v) is 3.00. The van der Waals surface area contributed by atoms with Crippen molar-refractivity contribution >= 4 is 11.7 Å². The van der Waals surface area contributed by atoms with Crippen molar-refractivity contribution in [3.8, 4) is 0 Å². The number of ether oxygens (including phenoxy) is 1. The molecule has 0 fully saturated rings. The number of fused-ring (bicyclic) bond motifs is 1. The largest absolute Gasteiger partial charge is 0.467 e. The first-order chi connectivity index (χ1) is 7.77. The molecule has 2 N–H and O–H groups in total. The van der Waals surface area contributed by atoms with Crippen LogP contribution in [0.25, 0.3) is 0 Å². The number of methoxy groups -OCH3 is 1. The normalized spacial score (nSPS) is 15.8. The summed E-state index contributed by atoms with van der Waals surface area (Å²) < 4.78 is 4.77. The van der Waals surface area contributed by atoms with Gasteiger partial charge in [-0.3, -0.25) is 0 Å². The molecule has 4 nitrogen and oxygen atoms in total. The molecule has 0 aliphatic carbocycles. The van der Waals surface area contributed by atoms with Gasteiger partial charge in [-0.1, -0.05) is 18.2 Å². The summed E-state index contributed by atoms with van der Waals surface area (Å²) in [7, 11) is 1.40. The van der Waals surface area contributed by atoms with Gasteiger partial charge in [0.05, 0.1) is 7.11 Å². The summed E-state index contributed by atoms with van der Waals surface area (Å²) in [5.74, 6) is -0.265. The summed E-state index contributed by atoms with van der Waals surface area (Å²) in [6.07, 6.45) is 0.962. The highest BCUT2D eigenvalue weighted by Gasteiger charge is 2.30. The lowest BCUT2D eigenvalue weighted by Crippen LogP contribution is -2.46. The average molecular weight is 220 g/mol. The zero-order chi connectivity index (χ0) is 11.5. The van der Waals surface area contributed by atoms with E-state index in [1.54, 1.807) is 0 Å². The van der Waals surface area contributed by atoms with E-state index < -0.39 is 0 Å². The van der Waals surface area contributed by atoms with Gasteiger partial charge in [0.15, 0.2) is 0 Å². The smallest absolute Gasteiger partial charge is 0.329 e. The lowest BCUT2D eigenvalue weighted by molar-refractivity contribution is -0.141. The minimum absolute atomic E-state index is 0.265. The molecule has 0 amide bonds. The highest BCUT2D eigenvalue weighted by atomic mass is 16.5. The topological polar surface area (TPSA) is 55.6 Å². The van der Waals surface area contributed by atoms with E-state index in [1.165, 1.54) is 12.7 Å². The van der Waals surface area contributed by atoms with Gasteiger partial charge in [-0.05, 0) is 18.1 Å². The van der Waals surface area contributed by atoms with E-state index in [0.29, 0.717) is 0 Å². The molecule has 0 saturated carbocycles. The molecule has 4 heteroatoms. The van der Waals surface area contributed by atoms with Crippen LogP contribution >= 0.6 is 0 Å². The van der Waals surface area contributed by atoms with Gasteiger partial charge in [0, 0.05) is 18.8 Å². The van der Waals surface area contributed by atoms with Crippen molar-refractivity contribution in [3.05, 3.63) is 29.8 Å². The first-order valence-corrected chi connectivity index (χ1v) is 5.40. The number of hydrogen-bond acceptors (Lipinski definition) is 4. The van der Waals surface area contributed by atoms with E-state index in [1.807, 2.05) is 23.1 Å². The van der Waals surface area contributed by atoms with E-state index in [9.17, 15) is 4.79 Å². The fraction of sp³-hybridized carbons (Fsp3) is 0.417. The summed E-state index contributed by atoms with van der Waals surface area (Å²) in [5.41, 5.74) is 8.01. The van der Waals surface area contributed by atoms with E-state index in [4.69, 9.17) is 10.5 Å². The zero-order valence-corrected chi connectivity index (χ0v) is 9.35. The molecule has 0 radical (unpaired) electrons. The van der Waals surface area contributed by atoms with Crippen LogP contribution in [0.5, 0.6) is 0 Å². The number of carbonyl (C=O) groups excluding carboxylic acids is 1. The van der Waals surface area contributed by atoms with Gasteiger partial charge in [-0.15, -0.1) is 0 Å². The number of rotatable bonds is 3. The molecule has 0 spiro atoms. The molecule has 0 saturated heterocycles. The number of nitrogens with two attached hydrogens (primary N) is 1. The molecule has 2 rings (SSSR count). The Hall–Kier alpha value is -1.55. The van der Waals surface area contributed by atoms with Crippen LogP contribution in [0.1, 0.15) is 5.56 Å². The molecule has 1 aromatic carbocycles. The first kappa shape index (κ1) is 11.0. The van der Waals surface area contributed by atoms with Crippen LogP contribution in [0.15, 0.2) is 24.3 Å². The molecule has 1 aliphatic heterocycles. The number of para-hydroxylation sites is 1. The van der Waals surface area contributed by atoms with Gasteiger partial charge in [-0.2, -0.15) is 0 Å². The van der Waals surface area contributed by atoms with Crippen LogP contribution in [0.4, 0.5) is 5.69 Å². The van der Waals surface area contributed by atoms with Crippen molar-refractivity contribution < 1.29 is 9.53 Å². The van der Waals surface area contributed by atoms with Crippen LogP contribution in [-0.2, 0) is 16.0 Å². The van der Waals surface area contributed by atoms with E-state index in [-0.39, 0.29) is 18.6 Å². The molecular weight excluding hydrogens is 204 g/mol. The van der Waals surface area contributed by atoms with Crippen LogP contribution in [0, 0.1) is 0 Å². The summed E-state index contributed by atoms with van der Waals surface area (Å²) in [6.45, 7) is 1.11. The van der Waals surface area contributed by atoms with Crippen LogP contribution in [-0.4, -0.2) is 32.2 Å². The average Bonchev–Trinajstić information content (AvgIpc) is 2.74. The van der Waals surface area contributed by atoms with Crippen LogP contribution < -0.4 is 10.6 Å². The number of esters is 1. The standard InChI is InChI=1S/C12H16N2O2/c1-16-12(15)11(8-13)14-7-6-9-4-2-3-5-10(9)14/h2-5,11H,6-8,13H2,1H3. The molecule has 86 valence electrons. The van der Waals surface area contributed by atoms with E-state index in [2.05, 4.69) is 6.07 Å². The Bertz CT molecular complexity index is 392. The van der Waals surface area contributed by atoms with E-state index >= 15 is 0 Å². The molecule has 16 heavy (non-hydrogen) atoms. The third-order valence-electron chi connectivity index (χ3n) is 3.00. The van der Waals surface area contributed by atoms with Gasteiger partial charge >= 0.3 is 5.97 Å². The Balaban J connectivity index is 2.26. The Kier molecular flexibility index (Phi) is 3.10. The van der Waals surface area contributed by atoms with Gasteiger partial charge in [0.2, 0.25) is 0 Å². The maximum absolute atomic E-state index is 11.6. The lowest BCUT2D eigenvalue weighted by atomic mass is 10.1. The number of benzene rings is 1. The fourth-order valence-corrected chi connectivity index (χ4v) is 2.17. The Morgan fingerprint density at radius 2 is 2.31 bits per heavy atom. The molecule has 0 aromatic heterocycles. The molecule has 1 heterocycles. The predicted octanol–water partition coefficient (Wildman–Crippen LogP) is 0.549. The third kappa shape index (κ3) is 1.76. The summed E-state index contributed by atoms with van der Waals surface area (Å²) in [6, 6.07) is 7.72. The highest BCUT2D eigenvalue weighted by Crippen LogP contribution is 2.29. The van der Waals surface area contributed by atoms with Crippen LogP contribution in [0.2, 0.25) is 0 Å². The number of nitrogens with zero attached hydrogens (tertiary/aromatic N) is 1. The Morgan fingerprint density at radius 1 is 1.56 bits per heavy atom. The second kappa shape index (κ2) is 4.53. The van der Waals surface area contributed by atoms with Crippen molar-refractivity contribution in [3.63, 3.8) is 0 Å². The summed E-state index contributed by atoms with van der Waals surface area (Å²) >= 11 is 0. The van der Waals surface area contributed by atoms with Crippen LogP contribution in [0.3, 0.4) is 0 Å². The predicted molar refractivity (Wildman–Crippen MR) is 62.4 cm³/mol. The number of anilines is 1. The van der Waals surface area contributed by atoms with Gasteiger partial charge in [-0.25, -0.2) is 4.79 Å². The molecule has 1 aliphatic rings. The minimum atomic E-state index is -0.367. The zero-order valence-electron chi connectivity index (χ0n) is 9.35. The number of hydrogen-bond donors (Lipinski definition) is 1. The van der Waals surface area contributed by atoms with Gasteiger partial charge in [0.1, 0.15) is 6.04 Å². The SMILES string of the molecule is COC(=O)C(CN)N1CCc2ccccc21.